The molecule has 3 aromatic heterocycles. The molecule has 2 amide bonds. The van der Waals surface area contributed by atoms with Gasteiger partial charge in [0.05, 0.1) is 31.0 Å². The minimum Gasteiger partial charge on any atom is -0.480 e. The van der Waals surface area contributed by atoms with Crippen LogP contribution in [0.15, 0.2) is 24.7 Å². The maximum Gasteiger partial charge on any atom is 0.418 e. The number of alkyl halides is 7. The first kappa shape index (κ1) is 29.3. The van der Waals surface area contributed by atoms with E-state index in [2.05, 4.69) is 20.4 Å². The van der Waals surface area contributed by atoms with Crippen molar-refractivity contribution >= 4 is 23.1 Å². The van der Waals surface area contributed by atoms with E-state index in [0.29, 0.717) is 0 Å². The number of nitrogens with one attached hydrogen (secondary N) is 1. The number of rotatable bonds is 5. The van der Waals surface area contributed by atoms with Gasteiger partial charge in [0.2, 0.25) is 11.8 Å². The van der Waals surface area contributed by atoms with Gasteiger partial charge in [-0.2, -0.15) is 31.4 Å². The predicted octanol–water partition coefficient (Wildman–Crippen LogP) is 2.38. The molecule has 0 radical (unpaired) electrons. The number of likely N-dealkylation sites (tertiary alicyclic amines) is 1. The minimum absolute atomic E-state index is 0.00768. The van der Waals surface area contributed by atoms with Crippen molar-refractivity contribution in [3.05, 3.63) is 35.8 Å². The molecular weight excluding hydrogens is 583 g/mol. The van der Waals surface area contributed by atoms with Crippen LogP contribution in [0.2, 0.25) is 0 Å². The van der Waals surface area contributed by atoms with Gasteiger partial charge in [-0.05, 0) is 25.0 Å². The Labute approximate surface area is 231 Å². The van der Waals surface area contributed by atoms with E-state index >= 15 is 0 Å². The molecule has 0 aromatic carbocycles. The Balaban J connectivity index is 1.36. The van der Waals surface area contributed by atoms with Crippen LogP contribution < -0.4 is 15.8 Å². The lowest BCUT2D eigenvalue weighted by molar-refractivity contribution is -0.296. The van der Waals surface area contributed by atoms with Gasteiger partial charge < -0.3 is 25.8 Å². The Bertz CT molecular complexity index is 1550. The lowest BCUT2D eigenvalue weighted by Gasteiger charge is -2.44. The SMILES string of the molecule is COc1ncc(-c2cc(C(F)(F)F)c3c(N)ncnn23)cc1C(=O)N[C@@H]1CN(C(=O)C2CC(O)(C(F)(F)F)C2)C[C@@H]1F. The van der Waals surface area contributed by atoms with Crippen molar-refractivity contribution in [2.75, 3.05) is 25.9 Å². The summed E-state index contributed by atoms with van der Waals surface area (Å²) < 4.78 is 101. The van der Waals surface area contributed by atoms with Gasteiger partial charge in [0, 0.05) is 24.2 Å². The Morgan fingerprint density at radius 2 is 1.83 bits per heavy atom. The number of carbonyl (C=O) groups is 2. The van der Waals surface area contributed by atoms with Gasteiger partial charge in [0.15, 0.2) is 11.4 Å². The molecule has 42 heavy (non-hydrogen) atoms. The second kappa shape index (κ2) is 9.95. The zero-order valence-electron chi connectivity index (χ0n) is 21.5. The van der Waals surface area contributed by atoms with Crippen LogP contribution in [0.25, 0.3) is 16.8 Å². The third-order valence-corrected chi connectivity index (χ3v) is 7.39. The molecule has 4 N–H and O–H groups in total. The number of fused-ring (bicyclic) bond motifs is 1. The number of hydrogen-bond acceptors (Lipinski definition) is 8. The van der Waals surface area contributed by atoms with E-state index in [1.54, 1.807) is 0 Å². The molecule has 5 rings (SSSR count). The van der Waals surface area contributed by atoms with Gasteiger partial charge in [-0.3, -0.25) is 9.59 Å². The van der Waals surface area contributed by atoms with E-state index < -0.39 is 84.2 Å². The largest absolute Gasteiger partial charge is 0.480 e. The average Bonchev–Trinajstić information content (AvgIpc) is 3.47. The lowest BCUT2D eigenvalue weighted by Crippen LogP contribution is -2.58. The molecule has 0 bridgehead atoms. The van der Waals surface area contributed by atoms with Crippen molar-refractivity contribution in [1.29, 1.82) is 0 Å². The van der Waals surface area contributed by atoms with Crippen LogP contribution in [0.4, 0.5) is 36.6 Å². The number of nitrogens with zero attached hydrogens (tertiary/aromatic N) is 5. The van der Waals surface area contributed by atoms with Crippen LogP contribution in [0, 0.1) is 5.92 Å². The molecular formula is C24H22F7N7O4. The molecule has 2 atom stereocenters. The lowest BCUT2D eigenvalue weighted by atomic mass is 9.70. The van der Waals surface area contributed by atoms with E-state index in [0.717, 1.165) is 34.1 Å². The number of halogens is 7. The predicted molar refractivity (Wildman–Crippen MR) is 129 cm³/mol. The van der Waals surface area contributed by atoms with Crippen LogP contribution in [0.1, 0.15) is 28.8 Å². The number of nitrogen functional groups attached to an aromatic ring is 1. The molecule has 2 aliphatic rings. The van der Waals surface area contributed by atoms with Gasteiger partial charge in [-0.15, -0.1) is 0 Å². The zero-order chi connectivity index (χ0) is 30.8. The van der Waals surface area contributed by atoms with Crippen molar-refractivity contribution in [1.82, 2.24) is 29.8 Å². The van der Waals surface area contributed by atoms with Crippen molar-refractivity contribution in [2.24, 2.45) is 5.92 Å². The highest BCUT2D eigenvalue weighted by Gasteiger charge is 2.63. The highest BCUT2D eigenvalue weighted by atomic mass is 19.4. The molecule has 1 saturated carbocycles. The maximum atomic E-state index is 14.8. The molecule has 0 spiro atoms. The number of carbonyl (C=O) groups excluding carboxylic acids is 2. The zero-order valence-corrected chi connectivity index (χ0v) is 21.5. The van der Waals surface area contributed by atoms with Gasteiger partial charge in [-0.25, -0.2) is 18.9 Å². The number of pyridine rings is 1. The minimum atomic E-state index is -4.91. The third-order valence-electron chi connectivity index (χ3n) is 7.39. The molecule has 11 nitrogen and oxygen atoms in total. The van der Waals surface area contributed by atoms with E-state index in [9.17, 15) is 45.4 Å². The highest BCUT2D eigenvalue weighted by Crippen LogP contribution is 2.49. The average molecular weight is 605 g/mol. The monoisotopic (exact) mass is 605 g/mol. The third kappa shape index (κ3) is 4.92. The summed E-state index contributed by atoms with van der Waals surface area (Å²) in [5, 5.41) is 15.8. The van der Waals surface area contributed by atoms with Gasteiger partial charge in [-0.1, -0.05) is 0 Å². The number of aromatic nitrogens is 4. The first-order chi connectivity index (χ1) is 19.5. The molecule has 1 aliphatic heterocycles. The summed E-state index contributed by atoms with van der Waals surface area (Å²) in [5.74, 6) is -3.57. The summed E-state index contributed by atoms with van der Waals surface area (Å²) in [6.45, 7) is -0.867. The van der Waals surface area contributed by atoms with E-state index in [-0.39, 0.29) is 29.2 Å². The van der Waals surface area contributed by atoms with E-state index in [1.807, 2.05) is 0 Å². The Hall–Kier alpha value is -4.22. The molecule has 1 saturated heterocycles. The number of nitrogens with two attached hydrogens (primary N) is 1. The Morgan fingerprint density at radius 1 is 1.14 bits per heavy atom. The topological polar surface area (TPSA) is 148 Å². The number of methoxy groups -OCH3 is 1. The van der Waals surface area contributed by atoms with Crippen LogP contribution in [-0.2, 0) is 11.0 Å². The molecule has 226 valence electrons. The number of amides is 2. The fraction of sp³-hybridized carbons (Fsp3) is 0.458. The quantitative estimate of drug-likeness (QED) is 0.376. The number of ether oxygens (including phenoxy) is 1. The standard InChI is InChI=1S/C24H22F7N7O4/c1-42-20-12(2-10(6-33-20)16-3-13(23(26,27)28)17-18(32)34-9-35-38(16)17)19(39)36-15-8-37(7-14(15)25)21(40)11-4-22(41,5-11)24(29,30)31/h2-3,6,9,11,14-15,41H,4-5,7-8H2,1H3,(H,36,39)(H2,32,34,35)/t11?,14-,15+,22?/m0/s1. The summed E-state index contributed by atoms with van der Waals surface area (Å²) >= 11 is 0. The first-order valence-corrected chi connectivity index (χ1v) is 12.3. The van der Waals surface area contributed by atoms with Crippen molar-refractivity contribution < 1.29 is 50.2 Å². The van der Waals surface area contributed by atoms with Crippen molar-refractivity contribution in [3.63, 3.8) is 0 Å². The van der Waals surface area contributed by atoms with Crippen LogP contribution in [0.3, 0.4) is 0 Å². The Morgan fingerprint density at radius 3 is 2.45 bits per heavy atom. The van der Waals surface area contributed by atoms with Crippen LogP contribution in [-0.4, -0.2) is 85.6 Å². The number of aliphatic hydroxyl groups is 1. The van der Waals surface area contributed by atoms with Crippen molar-refractivity contribution in [3.8, 4) is 17.1 Å². The molecule has 4 heterocycles. The second-order valence-electron chi connectivity index (χ2n) is 10.1. The maximum absolute atomic E-state index is 14.8. The van der Waals surface area contributed by atoms with Crippen molar-refractivity contribution in [2.45, 2.75) is 43.0 Å². The molecule has 2 fully saturated rings. The van der Waals surface area contributed by atoms with Gasteiger partial charge in [0.25, 0.3) is 5.91 Å². The molecule has 1 aliphatic carbocycles. The number of anilines is 1. The molecule has 0 unspecified atom stereocenters. The summed E-state index contributed by atoms with van der Waals surface area (Å²) in [6.07, 6.45) is -11.1. The van der Waals surface area contributed by atoms with E-state index in [1.165, 1.54) is 7.11 Å². The van der Waals surface area contributed by atoms with E-state index in [4.69, 9.17) is 10.5 Å². The van der Waals surface area contributed by atoms with Crippen LogP contribution >= 0.6 is 0 Å². The summed E-state index contributed by atoms with van der Waals surface area (Å²) in [7, 11) is 1.18. The summed E-state index contributed by atoms with van der Waals surface area (Å²) in [5.41, 5.74) is 0.611. The summed E-state index contributed by atoms with van der Waals surface area (Å²) in [6, 6.07) is 0.637. The number of hydrogen-bond donors (Lipinski definition) is 3. The molecule has 18 heteroatoms. The van der Waals surface area contributed by atoms with Crippen LogP contribution in [0.5, 0.6) is 5.88 Å². The van der Waals surface area contributed by atoms with Gasteiger partial charge in [0.1, 0.15) is 23.6 Å². The first-order valence-electron chi connectivity index (χ1n) is 12.3. The van der Waals surface area contributed by atoms with Gasteiger partial charge >= 0.3 is 12.4 Å². The smallest absolute Gasteiger partial charge is 0.418 e. The second-order valence-corrected chi connectivity index (χ2v) is 10.1. The fourth-order valence-electron chi connectivity index (χ4n) is 5.15. The summed E-state index contributed by atoms with van der Waals surface area (Å²) in [4.78, 5) is 34.4. The normalized spacial score (nSPS) is 24.5. The Kier molecular flexibility index (Phi) is 6.94. The molecule has 3 aromatic rings. The fourth-order valence-corrected chi connectivity index (χ4v) is 5.15. The highest BCUT2D eigenvalue weighted by molar-refractivity contribution is 5.98.